The van der Waals surface area contributed by atoms with Gasteiger partial charge in [-0.2, -0.15) is 4.80 Å². The monoisotopic (exact) mass is 424 g/mol. The minimum absolute atomic E-state index is 0.0643. The first-order valence-corrected chi connectivity index (χ1v) is 9.91. The lowest BCUT2D eigenvalue weighted by atomic mass is 10.1. The van der Waals surface area contributed by atoms with Gasteiger partial charge in [-0.3, -0.25) is 4.79 Å². The number of benzene rings is 3. The summed E-state index contributed by atoms with van der Waals surface area (Å²) in [5, 5.41) is 9.80. The minimum atomic E-state index is -0.183. The summed E-state index contributed by atoms with van der Waals surface area (Å²) in [6.07, 6.45) is 0. The number of halogens is 2. The molecule has 0 saturated heterocycles. The lowest BCUT2D eigenvalue weighted by Gasteiger charge is -2.27. The number of amides is 1. The van der Waals surface area contributed by atoms with Crippen LogP contribution in [0.25, 0.3) is 16.7 Å². The van der Waals surface area contributed by atoms with Crippen LogP contribution in [0.2, 0.25) is 10.0 Å². The summed E-state index contributed by atoms with van der Waals surface area (Å²) >= 11 is 12.2. The fraction of sp³-hybridized carbons (Fsp3) is 0.136. The van der Waals surface area contributed by atoms with E-state index in [2.05, 4.69) is 10.2 Å². The summed E-state index contributed by atoms with van der Waals surface area (Å²) in [4.78, 5) is 16.4. The normalized spacial score (nSPS) is 11.2. The van der Waals surface area contributed by atoms with Gasteiger partial charge in [-0.25, -0.2) is 0 Å². The van der Waals surface area contributed by atoms with Gasteiger partial charge < -0.3 is 4.90 Å². The number of nitrogens with zero attached hydrogens (tertiary/aromatic N) is 4. The van der Waals surface area contributed by atoms with Crippen molar-refractivity contribution in [1.29, 1.82) is 0 Å². The number of hydrogen-bond acceptors (Lipinski definition) is 3. The van der Waals surface area contributed by atoms with Crippen LogP contribution in [0.3, 0.4) is 0 Å². The van der Waals surface area contributed by atoms with Gasteiger partial charge in [0.25, 0.3) is 5.91 Å². The van der Waals surface area contributed by atoms with Crippen LogP contribution in [-0.2, 0) is 0 Å². The van der Waals surface area contributed by atoms with E-state index < -0.39 is 0 Å². The highest BCUT2D eigenvalue weighted by Crippen LogP contribution is 2.27. The molecule has 0 aliphatic rings. The zero-order valence-corrected chi connectivity index (χ0v) is 17.4. The first kappa shape index (κ1) is 19.4. The van der Waals surface area contributed by atoms with E-state index in [0.717, 1.165) is 22.4 Å². The van der Waals surface area contributed by atoms with Crippen molar-refractivity contribution in [2.75, 3.05) is 4.90 Å². The van der Waals surface area contributed by atoms with Crippen molar-refractivity contribution in [1.82, 2.24) is 15.0 Å². The zero-order chi connectivity index (χ0) is 20.5. The van der Waals surface area contributed by atoms with Gasteiger partial charge in [0.15, 0.2) is 0 Å². The molecule has 4 rings (SSSR count). The summed E-state index contributed by atoms with van der Waals surface area (Å²) in [5.41, 5.74) is 3.64. The second-order valence-corrected chi connectivity index (χ2v) is 7.73. The molecular weight excluding hydrogens is 407 g/mol. The fourth-order valence-corrected chi connectivity index (χ4v) is 3.65. The largest absolute Gasteiger partial charge is 0.306 e. The van der Waals surface area contributed by atoms with Gasteiger partial charge in [-0.05, 0) is 68.4 Å². The molecule has 7 heteroatoms. The van der Waals surface area contributed by atoms with Gasteiger partial charge in [0.1, 0.15) is 11.0 Å². The minimum Gasteiger partial charge on any atom is -0.306 e. The highest BCUT2D eigenvalue weighted by molar-refractivity contribution is 6.37. The molecule has 0 saturated carbocycles. The molecule has 0 bridgehead atoms. The van der Waals surface area contributed by atoms with E-state index in [4.69, 9.17) is 23.2 Å². The molecule has 0 aliphatic carbocycles. The highest BCUT2D eigenvalue weighted by Gasteiger charge is 2.23. The Kier molecular flexibility index (Phi) is 5.26. The Morgan fingerprint density at radius 1 is 0.931 bits per heavy atom. The van der Waals surface area contributed by atoms with Gasteiger partial charge in [-0.1, -0.05) is 35.3 Å². The van der Waals surface area contributed by atoms with Crippen molar-refractivity contribution in [3.8, 4) is 5.69 Å². The molecular formula is C22H18Cl2N4O. The fourth-order valence-electron chi connectivity index (χ4n) is 3.16. The molecule has 0 N–H and O–H groups in total. The van der Waals surface area contributed by atoms with Crippen molar-refractivity contribution in [3.05, 3.63) is 82.3 Å². The van der Waals surface area contributed by atoms with Crippen molar-refractivity contribution in [3.63, 3.8) is 0 Å². The summed E-state index contributed by atoms with van der Waals surface area (Å²) in [7, 11) is 0. The van der Waals surface area contributed by atoms with Crippen LogP contribution in [0, 0.1) is 0 Å². The molecule has 0 aliphatic heterocycles. The van der Waals surface area contributed by atoms with Crippen LogP contribution >= 0.6 is 23.2 Å². The number of fused-ring (bicyclic) bond motifs is 1. The van der Waals surface area contributed by atoms with Gasteiger partial charge in [0, 0.05) is 16.8 Å². The first-order valence-electron chi connectivity index (χ1n) is 9.15. The molecule has 3 aromatic carbocycles. The summed E-state index contributed by atoms with van der Waals surface area (Å²) < 4.78 is 0. The predicted molar refractivity (Wildman–Crippen MR) is 117 cm³/mol. The van der Waals surface area contributed by atoms with E-state index >= 15 is 0 Å². The van der Waals surface area contributed by atoms with Crippen molar-refractivity contribution < 1.29 is 4.79 Å². The van der Waals surface area contributed by atoms with E-state index in [0.29, 0.717) is 15.6 Å². The van der Waals surface area contributed by atoms with Crippen LogP contribution in [-0.4, -0.2) is 26.9 Å². The summed E-state index contributed by atoms with van der Waals surface area (Å²) in [6.45, 7) is 3.91. The van der Waals surface area contributed by atoms with Crippen LogP contribution in [0.5, 0.6) is 0 Å². The van der Waals surface area contributed by atoms with E-state index in [-0.39, 0.29) is 11.9 Å². The SMILES string of the molecule is CC(C)N(C(=O)c1ccc(Cl)cc1Cl)c1ccc(-n2nc3ccccc3n2)cc1. The molecule has 0 fully saturated rings. The maximum absolute atomic E-state index is 13.2. The Hall–Kier alpha value is -2.89. The topological polar surface area (TPSA) is 51.0 Å². The van der Waals surface area contributed by atoms with E-state index in [1.54, 1.807) is 27.9 Å². The number of hydrogen-bond donors (Lipinski definition) is 0. The van der Waals surface area contributed by atoms with Crippen LogP contribution in [0.15, 0.2) is 66.7 Å². The second-order valence-electron chi connectivity index (χ2n) is 6.89. The Balaban J connectivity index is 1.67. The molecule has 0 unspecified atom stereocenters. The molecule has 5 nitrogen and oxygen atoms in total. The lowest BCUT2D eigenvalue weighted by Crippen LogP contribution is -2.37. The number of rotatable bonds is 4. The molecule has 0 spiro atoms. The van der Waals surface area contributed by atoms with Gasteiger partial charge >= 0.3 is 0 Å². The van der Waals surface area contributed by atoms with Gasteiger partial charge in [0.05, 0.1) is 16.3 Å². The van der Waals surface area contributed by atoms with Gasteiger partial charge in [-0.15, -0.1) is 10.2 Å². The summed E-state index contributed by atoms with van der Waals surface area (Å²) in [6, 6.07) is 20.1. The van der Waals surface area contributed by atoms with Gasteiger partial charge in [0.2, 0.25) is 0 Å². The van der Waals surface area contributed by atoms with Crippen molar-refractivity contribution >= 4 is 45.8 Å². The van der Waals surface area contributed by atoms with Crippen LogP contribution in [0.4, 0.5) is 5.69 Å². The molecule has 0 radical (unpaired) electrons. The molecule has 1 amide bonds. The Bertz CT molecular complexity index is 1150. The Morgan fingerprint density at radius 2 is 1.55 bits per heavy atom. The average Bonchev–Trinajstić information content (AvgIpc) is 3.12. The number of aromatic nitrogens is 3. The highest BCUT2D eigenvalue weighted by atomic mass is 35.5. The Morgan fingerprint density at radius 3 is 2.10 bits per heavy atom. The quantitative estimate of drug-likeness (QED) is 0.416. The van der Waals surface area contributed by atoms with E-state index in [9.17, 15) is 4.79 Å². The average molecular weight is 425 g/mol. The third-order valence-electron chi connectivity index (χ3n) is 4.54. The maximum atomic E-state index is 13.2. The second kappa shape index (κ2) is 7.85. The number of carbonyl (C=O) groups is 1. The molecule has 146 valence electrons. The molecule has 1 heterocycles. The third kappa shape index (κ3) is 3.84. The Labute approximate surface area is 178 Å². The number of anilines is 1. The van der Waals surface area contributed by atoms with Crippen molar-refractivity contribution in [2.45, 2.75) is 19.9 Å². The standard InChI is InChI=1S/C22H18Cl2N4O/c1-14(2)27(22(29)18-12-7-15(23)13-19(18)24)16-8-10-17(11-9-16)28-25-20-5-3-4-6-21(20)26-28/h3-14H,1-2H3. The summed E-state index contributed by atoms with van der Waals surface area (Å²) in [5.74, 6) is -0.183. The lowest BCUT2D eigenvalue weighted by molar-refractivity contribution is 0.0980. The number of carbonyl (C=O) groups excluding carboxylic acids is 1. The molecule has 4 aromatic rings. The van der Waals surface area contributed by atoms with E-state index in [1.165, 1.54) is 0 Å². The van der Waals surface area contributed by atoms with E-state index in [1.807, 2.05) is 62.4 Å². The zero-order valence-electron chi connectivity index (χ0n) is 15.9. The van der Waals surface area contributed by atoms with Crippen molar-refractivity contribution in [2.24, 2.45) is 0 Å². The molecule has 1 aromatic heterocycles. The maximum Gasteiger partial charge on any atom is 0.260 e. The van der Waals surface area contributed by atoms with Crippen LogP contribution < -0.4 is 4.90 Å². The molecule has 0 atom stereocenters. The third-order valence-corrected chi connectivity index (χ3v) is 5.09. The smallest absolute Gasteiger partial charge is 0.260 e. The first-order chi connectivity index (χ1) is 13.9. The van der Waals surface area contributed by atoms with Crippen LogP contribution in [0.1, 0.15) is 24.2 Å². The predicted octanol–water partition coefficient (Wildman–Crippen LogP) is 5.78. The molecule has 29 heavy (non-hydrogen) atoms.